The van der Waals surface area contributed by atoms with E-state index in [-0.39, 0.29) is 11.9 Å². The number of amides is 1. The third-order valence-corrected chi connectivity index (χ3v) is 5.19. The molecule has 0 spiro atoms. The van der Waals surface area contributed by atoms with Gasteiger partial charge in [-0.15, -0.1) is 0 Å². The normalized spacial score (nSPS) is 12.1. The van der Waals surface area contributed by atoms with E-state index in [9.17, 15) is 4.79 Å². The average Bonchev–Trinajstić information content (AvgIpc) is 3.22. The van der Waals surface area contributed by atoms with E-state index >= 15 is 0 Å². The maximum Gasteiger partial charge on any atom is 0.220 e. The van der Waals surface area contributed by atoms with Crippen LogP contribution >= 0.6 is 0 Å². The first-order valence-corrected chi connectivity index (χ1v) is 10.2. The van der Waals surface area contributed by atoms with Gasteiger partial charge in [0.1, 0.15) is 0 Å². The summed E-state index contributed by atoms with van der Waals surface area (Å²) in [6.45, 7) is 2.75. The fraction of sp³-hybridized carbons (Fsp3) is 0.333. The van der Waals surface area contributed by atoms with Gasteiger partial charge in [0.15, 0.2) is 0 Å². The van der Waals surface area contributed by atoms with Crippen LogP contribution in [0.1, 0.15) is 36.1 Å². The molecule has 3 rings (SSSR count). The van der Waals surface area contributed by atoms with E-state index in [1.54, 1.807) is 0 Å². The molecule has 0 saturated carbocycles. The molecule has 1 amide bonds. The molecule has 0 aliphatic rings. The van der Waals surface area contributed by atoms with Crippen LogP contribution in [-0.2, 0) is 17.6 Å². The lowest BCUT2D eigenvalue weighted by Gasteiger charge is -2.25. The highest BCUT2D eigenvalue weighted by Crippen LogP contribution is 2.18. The zero-order valence-electron chi connectivity index (χ0n) is 17.5. The van der Waals surface area contributed by atoms with Gasteiger partial charge < -0.3 is 10.2 Å². The summed E-state index contributed by atoms with van der Waals surface area (Å²) < 4.78 is 1.84. The van der Waals surface area contributed by atoms with E-state index < -0.39 is 0 Å². The predicted octanol–water partition coefficient (Wildman–Crippen LogP) is 3.79. The second-order valence-electron chi connectivity index (χ2n) is 7.51. The van der Waals surface area contributed by atoms with E-state index in [0.29, 0.717) is 19.4 Å². The van der Waals surface area contributed by atoms with Gasteiger partial charge in [0, 0.05) is 19.2 Å². The summed E-state index contributed by atoms with van der Waals surface area (Å²) in [6, 6.07) is 18.8. The topological polar surface area (TPSA) is 50.2 Å². The number of nitrogens with zero attached hydrogens (tertiary/aromatic N) is 3. The van der Waals surface area contributed by atoms with Crippen LogP contribution in [0, 0.1) is 0 Å². The molecule has 0 aliphatic carbocycles. The molecule has 0 fully saturated rings. The SMILES string of the molecule is CCc1ccc(C(CNC(=O)CCc2cnn(-c3ccccc3)c2)N(C)C)cc1. The van der Waals surface area contributed by atoms with E-state index in [2.05, 4.69) is 46.5 Å². The molecule has 0 bridgehead atoms. The summed E-state index contributed by atoms with van der Waals surface area (Å²) >= 11 is 0. The van der Waals surface area contributed by atoms with Crippen molar-refractivity contribution >= 4 is 5.91 Å². The molecule has 5 heteroatoms. The Bertz CT molecular complexity index is 900. The highest BCUT2D eigenvalue weighted by atomic mass is 16.1. The summed E-state index contributed by atoms with van der Waals surface area (Å²) in [6.07, 6.45) is 5.98. The molecule has 152 valence electrons. The molecule has 1 aromatic heterocycles. The molecule has 0 saturated heterocycles. The lowest BCUT2D eigenvalue weighted by molar-refractivity contribution is -0.121. The van der Waals surface area contributed by atoms with Crippen LogP contribution in [0.25, 0.3) is 5.69 Å². The minimum atomic E-state index is 0.0643. The second-order valence-corrected chi connectivity index (χ2v) is 7.51. The Kier molecular flexibility index (Phi) is 7.19. The van der Waals surface area contributed by atoms with Crippen LogP contribution in [0.3, 0.4) is 0 Å². The van der Waals surface area contributed by atoms with Gasteiger partial charge in [0.25, 0.3) is 0 Å². The van der Waals surface area contributed by atoms with Crippen molar-refractivity contribution < 1.29 is 4.79 Å². The van der Waals surface area contributed by atoms with Crippen LogP contribution in [0.4, 0.5) is 0 Å². The smallest absolute Gasteiger partial charge is 0.220 e. The van der Waals surface area contributed by atoms with Crippen molar-refractivity contribution in [1.82, 2.24) is 20.0 Å². The monoisotopic (exact) mass is 390 g/mol. The van der Waals surface area contributed by atoms with Crippen LogP contribution in [-0.4, -0.2) is 41.2 Å². The Morgan fingerprint density at radius 3 is 2.45 bits per heavy atom. The third kappa shape index (κ3) is 5.78. The van der Waals surface area contributed by atoms with Gasteiger partial charge in [-0.2, -0.15) is 5.10 Å². The zero-order chi connectivity index (χ0) is 20.6. The van der Waals surface area contributed by atoms with Crippen LogP contribution in [0.5, 0.6) is 0 Å². The van der Waals surface area contributed by atoms with Gasteiger partial charge in [-0.05, 0) is 55.8 Å². The van der Waals surface area contributed by atoms with Gasteiger partial charge >= 0.3 is 0 Å². The van der Waals surface area contributed by atoms with Crippen molar-refractivity contribution in [2.45, 2.75) is 32.2 Å². The first kappa shape index (κ1) is 20.8. The van der Waals surface area contributed by atoms with Crippen molar-refractivity contribution in [3.63, 3.8) is 0 Å². The van der Waals surface area contributed by atoms with Gasteiger partial charge in [0.2, 0.25) is 5.91 Å². The summed E-state index contributed by atoms with van der Waals surface area (Å²) in [5.74, 6) is 0.0643. The van der Waals surface area contributed by atoms with Crippen molar-refractivity contribution in [2.75, 3.05) is 20.6 Å². The molecule has 29 heavy (non-hydrogen) atoms. The van der Waals surface area contributed by atoms with E-state index in [0.717, 1.165) is 17.7 Å². The number of rotatable bonds is 9. The summed E-state index contributed by atoms with van der Waals surface area (Å²) in [4.78, 5) is 14.5. The maximum atomic E-state index is 12.4. The van der Waals surface area contributed by atoms with Crippen LogP contribution in [0.2, 0.25) is 0 Å². The molecular weight excluding hydrogens is 360 g/mol. The Labute approximate surface area is 173 Å². The van der Waals surface area contributed by atoms with E-state index in [1.807, 2.05) is 61.5 Å². The molecule has 3 aromatic rings. The molecule has 2 aromatic carbocycles. The number of carbonyl (C=O) groups is 1. The first-order chi connectivity index (χ1) is 14.1. The molecule has 0 aliphatic heterocycles. The van der Waals surface area contributed by atoms with Gasteiger partial charge in [0.05, 0.1) is 17.9 Å². The Morgan fingerprint density at radius 2 is 1.79 bits per heavy atom. The number of carbonyl (C=O) groups excluding carboxylic acids is 1. The van der Waals surface area contributed by atoms with Crippen LogP contribution in [0.15, 0.2) is 67.0 Å². The second kappa shape index (κ2) is 10.0. The number of aromatic nitrogens is 2. The summed E-state index contributed by atoms with van der Waals surface area (Å²) in [7, 11) is 4.09. The first-order valence-electron chi connectivity index (χ1n) is 10.2. The largest absolute Gasteiger partial charge is 0.354 e. The number of benzene rings is 2. The lowest BCUT2D eigenvalue weighted by atomic mass is 10.0. The lowest BCUT2D eigenvalue weighted by Crippen LogP contribution is -2.34. The number of nitrogens with one attached hydrogen (secondary N) is 1. The van der Waals surface area contributed by atoms with E-state index in [4.69, 9.17) is 0 Å². The maximum absolute atomic E-state index is 12.4. The highest BCUT2D eigenvalue weighted by molar-refractivity contribution is 5.76. The minimum absolute atomic E-state index is 0.0643. The molecule has 5 nitrogen and oxygen atoms in total. The molecular formula is C24H30N4O. The Morgan fingerprint density at radius 1 is 1.07 bits per heavy atom. The quantitative estimate of drug-likeness (QED) is 0.605. The van der Waals surface area contributed by atoms with Crippen molar-refractivity contribution in [1.29, 1.82) is 0 Å². The number of para-hydroxylation sites is 1. The fourth-order valence-corrected chi connectivity index (χ4v) is 3.34. The molecule has 1 atom stereocenters. The van der Waals surface area contributed by atoms with E-state index in [1.165, 1.54) is 11.1 Å². The Hall–Kier alpha value is -2.92. The highest BCUT2D eigenvalue weighted by Gasteiger charge is 2.15. The van der Waals surface area contributed by atoms with Gasteiger partial charge in [-0.1, -0.05) is 49.4 Å². The van der Waals surface area contributed by atoms with Crippen molar-refractivity contribution in [2.24, 2.45) is 0 Å². The Balaban J connectivity index is 1.51. The number of hydrogen-bond acceptors (Lipinski definition) is 3. The average molecular weight is 391 g/mol. The number of likely N-dealkylation sites (N-methyl/N-ethyl adjacent to an activating group) is 1. The molecule has 1 N–H and O–H groups in total. The predicted molar refractivity (Wildman–Crippen MR) is 117 cm³/mol. The standard InChI is InChI=1S/C24H30N4O/c1-4-19-10-13-21(14-11-19)23(27(2)3)17-25-24(29)15-12-20-16-26-28(18-20)22-8-6-5-7-9-22/h5-11,13-14,16,18,23H,4,12,15,17H2,1-3H3,(H,25,29). The molecule has 0 radical (unpaired) electrons. The van der Waals surface area contributed by atoms with Gasteiger partial charge in [-0.25, -0.2) is 4.68 Å². The molecule has 1 heterocycles. The summed E-state index contributed by atoms with van der Waals surface area (Å²) in [5.41, 5.74) is 4.62. The van der Waals surface area contributed by atoms with Crippen molar-refractivity contribution in [3.05, 3.63) is 83.7 Å². The number of aryl methyl sites for hydroxylation is 2. The third-order valence-electron chi connectivity index (χ3n) is 5.19. The van der Waals surface area contributed by atoms with Crippen LogP contribution < -0.4 is 5.32 Å². The number of hydrogen-bond donors (Lipinski definition) is 1. The van der Waals surface area contributed by atoms with Gasteiger partial charge in [-0.3, -0.25) is 4.79 Å². The fourth-order valence-electron chi connectivity index (χ4n) is 3.34. The molecule has 1 unspecified atom stereocenters. The van der Waals surface area contributed by atoms with Crippen molar-refractivity contribution in [3.8, 4) is 5.69 Å². The minimum Gasteiger partial charge on any atom is -0.354 e. The zero-order valence-corrected chi connectivity index (χ0v) is 17.5. The summed E-state index contributed by atoms with van der Waals surface area (Å²) in [5, 5.41) is 7.49.